The Balaban J connectivity index is 1.15. The molecule has 0 unspecified atom stereocenters. The molecule has 0 saturated carbocycles. The van der Waals surface area contributed by atoms with Crippen LogP contribution >= 0.6 is 0 Å². The fourth-order valence-corrected chi connectivity index (χ4v) is 13.1. The second-order valence-corrected chi connectivity index (χ2v) is 20.8. The highest BCUT2D eigenvalue weighted by atomic mass is 28.3. The van der Waals surface area contributed by atoms with Crippen molar-refractivity contribution in [3.8, 4) is 55.6 Å². The van der Waals surface area contributed by atoms with E-state index in [-0.39, 0.29) is 5.41 Å². The molecule has 0 spiro atoms. The van der Waals surface area contributed by atoms with Crippen molar-refractivity contribution in [1.82, 2.24) is 0 Å². The summed E-state index contributed by atoms with van der Waals surface area (Å²) in [5.41, 5.74) is 16.2. The molecule has 0 amide bonds. The van der Waals surface area contributed by atoms with E-state index < -0.39 is 8.07 Å². The molecule has 0 aromatic heterocycles. The fourth-order valence-electron chi connectivity index (χ4n) is 10.0. The molecule has 0 saturated heterocycles. The molecule has 0 bridgehead atoms. The summed E-state index contributed by atoms with van der Waals surface area (Å²) in [5, 5.41) is 10.9. The first-order valence-electron chi connectivity index (χ1n) is 19.3. The predicted octanol–water partition coefficient (Wildman–Crippen LogP) is 13.3. The minimum absolute atomic E-state index is 0.0220. The second-order valence-electron chi connectivity index (χ2n) is 16.5. The quantitative estimate of drug-likeness (QED) is 0.127. The van der Waals surface area contributed by atoms with Crippen LogP contribution in [0.15, 0.2) is 170 Å². The Kier molecular flexibility index (Phi) is 6.56. The molecule has 1 heteroatoms. The summed E-state index contributed by atoms with van der Waals surface area (Å²) < 4.78 is 0. The Morgan fingerprint density at radius 3 is 1.72 bits per heavy atom. The molecule has 0 nitrogen and oxygen atoms in total. The van der Waals surface area contributed by atoms with Crippen LogP contribution in [0, 0.1) is 0 Å². The van der Waals surface area contributed by atoms with Crippen molar-refractivity contribution >= 4 is 50.8 Å². The highest BCUT2D eigenvalue weighted by molar-refractivity contribution is 7.04. The highest BCUT2D eigenvalue weighted by Gasteiger charge is 2.39. The number of hydrogen-bond donors (Lipinski definition) is 0. The lowest BCUT2D eigenvalue weighted by molar-refractivity contribution is 0.660. The Bertz CT molecular complexity index is 3040. The number of rotatable bonds is 3. The smallest absolute Gasteiger partial charge is 0.0622 e. The molecule has 1 aliphatic carbocycles. The first-order valence-corrected chi connectivity index (χ1v) is 22.3. The molecule has 2 aliphatic rings. The molecule has 11 rings (SSSR count). The SMILES string of the molecule is CC1(C)c2ccccc2-c2ccc(-c3ccc4c(c3)[Si](C)(C)c3cc5c(-c6ccccc6)c6ccccc6c(-c6ccc7ccccc7c6)c5cc3-4)cc21. The normalized spacial score (nSPS) is 14.6. The maximum atomic E-state index is 2.60. The Morgan fingerprint density at radius 1 is 0.352 bits per heavy atom. The van der Waals surface area contributed by atoms with Crippen molar-refractivity contribution in [2.24, 2.45) is 0 Å². The highest BCUT2D eigenvalue weighted by Crippen LogP contribution is 2.50. The lowest BCUT2D eigenvalue weighted by atomic mass is 9.81. The standard InChI is InChI=1S/C53H40Si/c1-53(2)47-21-13-12-18-39(47)40-26-24-36(29-48(40)53)37-25-27-41-44-31-45-46(32-50(44)54(3,4)49(41)30-37)51(34-15-6-5-7-16-34)42-19-10-11-20-43(42)52(45)38-23-22-33-14-8-9-17-35(33)28-38/h5-32H,1-4H3. The molecule has 0 fully saturated rings. The van der Waals surface area contributed by atoms with Crippen LogP contribution in [0.4, 0.5) is 0 Å². The summed E-state index contributed by atoms with van der Waals surface area (Å²) in [6.45, 7) is 9.87. The number of benzene rings is 9. The molecule has 0 atom stereocenters. The monoisotopic (exact) mass is 704 g/mol. The van der Waals surface area contributed by atoms with Gasteiger partial charge in [-0.2, -0.15) is 0 Å². The van der Waals surface area contributed by atoms with Gasteiger partial charge in [-0.05, 0) is 128 Å². The van der Waals surface area contributed by atoms with Crippen LogP contribution in [0.1, 0.15) is 25.0 Å². The van der Waals surface area contributed by atoms with Crippen LogP contribution < -0.4 is 10.4 Å². The van der Waals surface area contributed by atoms with E-state index in [2.05, 4.69) is 197 Å². The third-order valence-electron chi connectivity index (χ3n) is 12.8. The van der Waals surface area contributed by atoms with Gasteiger partial charge in [0.15, 0.2) is 0 Å². The van der Waals surface area contributed by atoms with Gasteiger partial charge >= 0.3 is 0 Å². The minimum atomic E-state index is -2.09. The Morgan fingerprint density at radius 2 is 0.926 bits per heavy atom. The maximum absolute atomic E-state index is 2.60. The number of fused-ring (bicyclic) bond motifs is 9. The van der Waals surface area contributed by atoms with Gasteiger partial charge in [0.1, 0.15) is 8.07 Å². The van der Waals surface area contributed by atoms with Crippen molar-refractivity contribution < 1.29 is 0 Å². The second kappa shape index (κ2) is 11.2. The Labute approximate surface area is 318 Å². The average Bonchev–Trinajstić information content (AvgIpc) is 3.57. The third-order valence-corrected chi connectivity index (χ3v) is 16.4. The summed E-state index contributed by atoms with van der Waals surface area (Å²) in [4.78, 5) is 0. The molecule has 1 heterocycles. The van der Waals surface area contributed by atoms with Gasteiger partial charge in [-0.3, -0.25) is 0 Å². The summed E-state index contributed by atoms with van der Waals surface area (Å²) in [7, 11) is -2.09. The predicted molar refractivity (Wildman–Crippen MR) is 235 cm³/mol. The zero-order valence-corrected chi connectivity index (χ0v) is 32.2. The van der Waals surface area contributed by atoms with Gasteiger partial charge in [0.25, 0.3) is 0 Å². The van der Waals surface area contributed by atoms with Crippen LogP contribution in [-0.2, 0) is 5.41 Å². The fraction of sp³-hybridized carbons (Fsp3) is 0.0943. The van der Waals surface area contributed by atoms with Crippen LogP contribution in [0.5, 0.6) is 0 Å². The van der Waals surface area contributed by atoms with E-state index in [1.54, 1.807) is 0 Å². The van der Waals surface area contributed by atoms with E-state index in [9.17, 15) is 0 Å². The molecule has 256 valence electrons. The van der Waals surface area contributed by atoms with Crippen molar-refractivity contribution in [2.75, 3.05) is 0 Å². The Hall–Kier alpha value is -6.02. The topological polar surface area (TPSA) is 0 Å². The first-order chi connectivity index (χ1) is 26.3. The zero-order valence-electron chi connectivity index (χ0n) is 31.2. The summed E-state index contributed by atoms with van der Waals surface area (Å²) >= 11 is 0. The van der Waals surface area contributed by atoms with Gasteiger partial charge in [0.05, 0.1) is 0 Å². The summed E-state index contributed by atoms with van der Waals surface area (Å²) in [5.74, 6) is 0. The van der Waals surface area contributed by atoms with E-state index in [0.29, 0.717) is 0 Å². The largest absolute Gasteiger partial charge is 0.113 e. The molecule has 9 aromatic carbocycles. The van der Waals surface area contributed by atoms with Crippen LogP contribution in [-0.4, -0.2) is 8.07 Å². The van der Waals surface area contributed by atoms with Crippen molar-refractivity contribution in [3.05, 3.63) is 181 Å². The first kappa shape index (κ1) is 31.5. The van der Waals surface area contributed by atoms with Crippen LogP contribution in [0.25, 0.3) is 88.0 Å². The van der Waals surface area contributed by atoms with Gasteiger partial charge in [0, 0.05) is 5.41 Å². The van der Waals surface area contributed by atoms with Crippen molar-refractivity contribution in [3.63, 3.8) is 0 Å². The van der Waals surface area contributed by atoms with Gasteiger partial charge in [-0.1, -0.05) is 179 Å². The summed E-state index contributed by atoms with van der Waals surface area (Å²) in [6, 6.07) is 64.4. The van der Waals surface area contributed by atoms with E-state index in [1.807, 2.05) is 0 Å². The van der Waals surface area contributed by atoms with E-state index in [0.717, 1.165) is 0 Å². The van der Waals surface area contributed by atoms with E-state index >= 15 is 0 Å². The molecule has 9 aromatic rings. The lowest BCUT2D eigenvalue weighted by Crippen LogP contribution is -2.49. The average molecular weight is 705 g/mol. The van der Waals surface area contributed by atoms with Crippen molar-refractivity contribution in [2.45, 2.75) is 32.4 Å². The molecule has 1 aliphatic heterocycles. The van der Waals surface area contributed by atoms with Gasteiger partial charge < -0.3 is 0 Å². The van der Waals surface area contributed by atoms with Crippen LogP contribution in [0.3, 0.4) is 0 Å². The molecule has 0 N–H and O–H groups in total. The van der Waals surface area contributed by atoms with Gasteiger partial charge in [0.2, 0.25) is 0 Å². The van der Waals surface area contributed by atoms with E-state index in [4.69, 9.17) is 0 Å². The maximum Gasteiger partial charge on any atom is 0.113 e. The molecule has 0 radical (unpaired) electrons. The molecular formula is C53H40Si. The molecular weight excluding hydrogens is 665 g/mol. The van der Waals surface area contributed by atoms with Gasteiger partial charge in [-0.15, -0.1) is 0 Å². The lowest BCUT2D eigenvalue weighted by Gasteiger charge is -2.23. The minimum Gasteiger partial charge on any atom is -0.0622 e. The summed E-state index contributed by atoms with van der Waals surface area (Å²) in [6.07, 6.45) is 0. The van der Waals surface area contributed by atoms with Gasteiger partial charge in [-0.25, -0.2) is 0 Å². The zero-order chi connectivity index (χ0) is 36.3. The van der Waals surface area contributed by atoms with E-state index in [1.165, 1.54) is 109 Å². The molecule has 54 heavy (non-hydrogen) atoms. The third kappa shape index (κ3) is 4.36. The number of hydrogen-bond acceptors (Lipinski definition) is 0. The van der Waals surface area contributed by atoms with Crippen LogP contribution in [0.2, 0.25) is 13.1 Å². The van der Waals surface area contributed by atoms with Crippen molar-refractivity contribution in [1.29, 1.82) is 0 Å².